The summed E-state index contributed by atoms with van der Waals surface area (Å²) in [5, 5.41) is 10.9. The summed E-state index contributed by atoms with van der Waals surface area (Å²) in [4.78, 5) is 15.0. The molecule has 0 saturated heterocycles. The standard InChI is InChI=1S/C25H25FN4O3/c1-30(2)15-19-10-9-18(33-19)14-27-25(31)20-11-13-22-23(24(20)32-3)21(28-29-22)12-6-16-4-7-17(26)8-5-16/h4-13H,14-15H2,1-3H3,(H,27,31)(H,28,29). The number of benzene rings is 2. The number of furan rings is 1. The smallest absolute Gasteiger partial charge is 0.255 e. The van der Waals surface area contributed by atoms with Crippen LogP contribution in [0, 0.1) is 5.82 Å². The lowest BCUT2D eigenvalue weighted by Gasteiger charge is -2.10. The Kier molecular flexibility index (Phi) is 6.55. The van der Waals surface area contributed by atoms with E-state index in [2.05, 4.69) is 15.5 Å². The zero-order valence-electron chi connectivity index (χ0n) is 18.7. The molecule has 0 atom stereocenters. The van der Waals surface area contributed by atoms with E-state index in [0.717, 1.165) is 16.8 Å². The number of methoxy groups -OCH3 is 1. The molecule has 0 aliphatic carbocycles. The molecule has 0 aliphatic rings. The average Bonchev–Trinajstić information content (AvgIpc) is 3.42. The minimum Gasteiger partial charge on any atom is -0.495 e. The van der Waals surface area contributed by atoms with E-state index in [-0.39, 0.29) is 18.3 Å². The number of aromatic amines is 1. The van der Waals surface area contributed by atoms with Gasteiger partial charge in [-0.3, -0.25) is 9.89 Å². The molecule has 4 aromatic rings. The molecule has 0 radical (unpaired) electrons. The summed E-state index contributed by atoms with van der Waals surface area (Å²) in [5.74, 6) is 1.35. The molecule has 2 heterocycles. The number of amides is 1. The van der Waals surface area contributed by atoms with Crippen LogP contribution in [0.1, 0.15) is 33.1 Å². The molecule has 33 heavy (non-hydrogen) atoms. The van der Waals surface area contributed by atoms with Gasteiger partial charge in [0.1, 0.15) is 23.1 Å². The number of hydrogen-bond donors (Lipinski definition) is 2. The minimum atomic E-state index is -0.293. The first-order valence-electron chi connectivity index (χ1n) is 10.4. The monoisotopic (exact) mass is 448 g/mol. The Hall–Kier alpha value is -3.91. The Morgan fingerprint density at radius 2 is 1.88 bits per heavy atom. The Labute approximate surface area is 190 Å². The van der Waals surface area contributed by atoms with E-state index in [1.807, 2.05) is 37.2 Å². The topological polar surface area (TPSA) is 83.4 Å². The predicted molar refractivity (Wildman–Crippen MR) is 125 cm³/mol. The van der Waals surface area contributed by atoms with E-state index in [4.69, 9.17) is 9.15 Å². The zero-order chi connectivity index (χ0) is 23.4. The lowest BCUT2D eigenvalue weighted by Crippen LogP contribution is -2.23. The van der Waals surface area contributed by atoms with Crippen molar-refractivity contribution in [2.75, 3.05) is 21.2 Å². The predicted octanol–water partition coefficient (Wildman–Crippen LogP) is 4.47. The maximum atomic E-state index is 13.1. The highest BCUT2D eigenvalue weighted by Crippen LogP contribution is 2.32. The number of nitrogens with one attached hydrogen (secondary N) is 2. The van der Waals surface area contributed by atoms with E-state index >= 15 is 0 Å². The van der Waals surface area contributed by atoms with Gasteiger partial charge in [0.25, 0.3) is 5.91 Å². The van der Waals surface area contributed by atoms with Crippen molar-refractivity contribution in [2.45, 2.75) is 13.1 Å². The molecule has 0 fully saturated rings. The first-order valence-corrected chi connectivity index (χ1v) is 10.4. The van der Waals surface area contributed by atoms with Crippen molar-refractivity contribution in [3.05, 3.63) is 82.7 Å². The van der Waals surface area contributed by atoms with Crippen molar-refractivity contribution in [3.8, 4) is 5.75 Å². The highest BCUT2D eigenvalue weighted by Gasteiger charge is 2.19. The van der Waals surface area contributed by atoms with Crippen molar-refractivity contribution in [2.24, 2.45) is 0 Å². The number of hydrogen-bond acceptors (Lipinski definition) is 5. The maximum Gasteiger partial charge on any atom is 0.255 e. The summed E-state index contributed by atoms with van der Waals surface area (Å²) in [5.41, 5.74) is 2.57. The Bertz CT molecular complexity index is 1290. The third kappa shape index (κ3) is 5.12. The molecule has 7 nitrogen and oxygen atoms in total. The number of aromatic nitrogens is 2. The number of fused-ring (bicyclic) bond motifs is 1. The highest BCUT2D eigenvalue weighted by molar-refractivity contribution is 6.05. The Morgan fingerprint density at radius 3 is 2.61 bits per heavy atom. The largest absolute Gasteiger partial charge is 0.495 e. The van der Waals surface area contributed by atoms with Crippen molar-refractivity contribution >= 4 is 29.0 Å². The van der Waals surface area contributed by atoms with Gasteiger partial charge in [-0.05, 0) is 62.1 Å². The van der Waals surface area contributed by atoms with Crippen molar-refractivity contribution in [3.63, 3.8) is 0 Å². The Balaban J connectivity index is 1.56. The van der Waals surface area contributed by atoms with Gasteiger partial charge in [0.2, 0.25) is 0 Å². The quantitative estimate of drug-likeness (QED) is 0.416. The van der Waals surface area contributed by atoms with Gasteiger partial charge < -0.3 is 19.4 Å². The SMILES string of the molecule is COc1c(C(=O)NCc2ccc(CN(C)C)o2)ccc2[nH]nc(C=Cc3ccc(F)cc3)c12. The molecule has 0 aliphatic heterocycles. The van der Waals surface area contributed by atoms with Crippen LogP contribution in [0.5, 0.6) is 5.75 Å². The highest BCUT2D eigenvalue weighted by atomic mass is 19.1. The number of nitrogens with zero attached hydrogens (tertiary/aromatic N) is 2. The van der Waals surface area contributed by atoms with Crippen molar-refractivity contribution < 1.29 is 18.3 Å². The number of rotatable bonds is 8. The van der Waals surface area contributed by atoms with Crippen LogP contribution >= 0.6 is 0 Å². The number of H-pyrrole nitrogens is 1. The maximum absolute atomic E-state index is 13.1. The van der Waals surface area contributed by atoms with Gasteiger partial charge in [0, 0.05) is 0 Å². The fraction of sp³-hybridized carbons (Fsp3) is 0.200. The van der Waals surface area contributed by atoms with Crippen molar-refractivity contribution in [1.29, 1.82) is 0 Å². The molecule has 170 valence electrons. The summed E-state index contributed by atoms with van der Waals surface area (Å²) in [6.07, 6.45) is 3.62. The first-order chi connectivity index (χ1) is 15.9. The van der Waals surface area contributed by atoms with Gasteiger partial charge >= 0.3 is 0 Å². The molecule has 0 bridgehead atoms. The molecule has 0 saturated carbocycles. The second-order valence-electron chi connectivity index (χ2n) is 7.85. The van der Waals surface area contributed by atoms with Crippen LogP contribution in [-0.2, 0) is 13.1 Å². The van der Waals surface area contributed by atoms with E-state index in [9.17, 15) is 9.18 Å². The first kappa shape index (κ1) is 22.3. The summed E-state index contributed by atoms with van der Waals surface area (Å²) in [6, 6.07) is 13.4. The molecule has 4 rings (SSSR count). The van der Waals surface area contributed by atoms with Crippen LogP contribution in [0.4, 0.5) is 4.39 Å². The van der Waals surface area contributed by atoms with Gasteiger partial charge in [-0.15, -0.1) is 0 Å². The summed E-state index contributed by atoms with van der Waals surface area (Å²) >= 11 is 0. The lowest BCUT2D eigenvalue weighted by atomic mass is 10.1. The van der Waals surface area contributed by atoms with Gasteiger partial charge in [-0.2, -0.15) is 5.10 Å². The van der Waals surface area contributed by atoms with E-state index in [1.54, 1.807) is 30.3 Å². The summed E-state index contributed by atoms with van der Waals surface area (Å²) < 4.78 is 24.5. The number of halogens is 1. The number of ether oxygens (including phenoxy) is 1. The van der Waals surface area contributed by atoms with Crippen LogP contribution in [0.25, 0.3) is 23.1 Å². The number of carbonyl (C=O) groups excluding carboxylic acids is 1. The summed E-state index contributed by atoms with van der Waals surface area (Å²) in [7, 11) is 5.45. The lowest BCUT2D eigenvalue weighted by molar-refractivity contribution is 0.0945. The third-order valence-electron chi connectivity index (χ3n) is 5.08. The molecule has 2 aromatic heterocycles. The van der Waals surface area contributed by atoms with E-state index < -0.39 is 0 Å². The minimum absolute atomic E-state index is 0.260. The molecule has 2 N–H and O–H groups in total. The molecule has 2 aromatic carbocycles. The Morgan fingerprint density at radius 1 is 1.12 bits per heavy atom. The number of carbonyl (C=O) groups is 1. The van der Waals surface area contributed by atoms with E-state index in [0.29, 0.717) is 34.7 Å². The molecule has 0 spiro atoms. The summed E-state index contributed by atoms with van der Waals surface area (Å²) in [6.45, 7) is 0.948. The van der Waals surface area contributed by atoms with Crippen LogP contribution in [-0.4, -0.2) is 42.2 Å². The molecule has 1 amide bonds. The van der Waals surface area contributed by atoms with Crippen LogP contribution in [0.15, 0.2) is 52.9 Å². The third-order valence-corrected chi connectivity index (χ3v) is 5.08. The van der Waals surface area contributed by atoms with Gasteiger partial charge in [-0.1, -0.05) is 18.2 Å². The van der Waals surface area contributed by atoms with Crippen LogP contribution in [0.2, 0.25) is 0 Å². The van der Waals surface area contributed by atoms with Gasteiger partial charge in [-0.25, -0.2) is 4.39 Å². The van der Waals surface area contributed by atoms with Crippen LogP contribution < -0.4 is 10.1 Å². The van der Waals surface area contributed by atoms with Gasteiger partial charge in [0.05, 0.1) is 42.4 Å². The molecular formula is C25H25FN4O3. The molecule has 8 heteroatoms. The fourth-order valence-electron chi connectivity index (χ4n) is 3.54. The second-order valence-corrected chi connectivity index (χ2v) is 7.85. The molecular weight excluding hydrogens is 423 g/mol. The fourth-order valence-corrected chi connectivity index (χ4v) is 3.54. The van der Waals surface area contributed by atoms with E-state index in [1.165, 1.54) is 19.2 Å². The van der Waals surface area contributed by atoms with Gasteiger partial charge in [0.15, 0.2) is 0 Å². The zero-order valence-corrected chi connectivity index (χ0v) is 18.7. The average molecular weight is 448 g/mol. The molecule has 0 unspecified atom stereocenters. The second kappa shape index (κ2) is 9.70. The van der Waals surface area contributed by atoms with Crippen molar-refractivity contribution in [1.82, 2.24) is 20.4 Å². The normalized spacial score (nSPS) is 11.5. The van der Waals surface area contributed by atoms with Crippen LogP contribution in [0.3, 0.4) is 0 Å².